The average molecular weight is 276 g/mol. The van der Waals surface area contributed by atoms with Crippen molar-refractivity contribution >= 4 is 5.97 Å². The van der Waals surface area contributed by atoms with E-state index in [-0.39, 0.29) is 5.41 Å². The molecule has 3 aliphatic carbocycles. The van der Waals surface area contributed by atoms with E-state index in [0.29, 0.717) is 11.8 Å². The minimum Gasteiger partial charge on any atom is -0.481 e. The lowest BCUT2D eigenvalue weighted by Crippen LogP contribution is -2.53. The molecule has 0 bridgehead atoms. The Bertz CT molecular complexity index is 452. The number of aliphatic carboxylic acids is 1. The molecule has 112 valence electrons. The van der Waals surface area contributed by atoms with Crippen LogP contribution in [-0.4, -0.2) is 11.1 Å². The molecule has 0 radical (unpaired) electrons. The van der Waals surface area contributed by atoms with Crippen molar-refractivity contribution in [1.29, 1.82) is 0 Å². The topological polar surface area (TPSA) is 37.3 Å². The van der Waals surface area contributed by atoms with Crippen LogP contribution in [-0.2, 0) is 4.79 Å². The van der Waals surface area contributed by atoms with Crippen LogP contribution in [0.15, 0.2) is 11.6 Å². The third kappa shape index (κ3) is 1.87. The Hall–Kier alpha value is -0.790. The molecule has 1 N–H and O–H groups in total. The van der Waals surface area contributed by atoms with Gasteiger partial charge >= 0.3 is 5.97 Å². The molecule has 5 atom stereocenters. The number of carboxylic acid groups (broad SMARTS) is 1. The maximum Gasteiger partial charge on any atom is 0.309 e. The van der Waals surface area contributed by atoms with E-state index in [1.54, 1.807) is 5.57 Å². The van der Waals surface area contributed by atoms with Gasteiger partial charge in [-0.3, -0.25) is 4.79 Å². The fourth-order valence-corrected chi connectivity index (χ4v) is 5.65. The molecule has 0 aliphatic heterocycles. The van der Waals surface area contributed by atoms with Gasteiger partial charge in [0.1, 0.15) is 0 Å². The zero-order chi connectivity index (χ0) is 14.5. The normalized spacial score (nSPS) is 48.0. The highest BCUT2D eigenvalue weighted by atomic mass is 16.4. The van der Waals surface area contributed by atoms with Crippen molar-refractivity contribution in [3.8, 4) is 0 Å². The molecular weight excluding hydrogens is 248 g/mol. The second-order valence-electron chi connectivity index (χ2n) is 8.09. The SMILES string of the molecule is CC1CCC2C(=CCC3[C@]2(C)CCC[C@@]3(C)C(=O)O)C1. The molecule has 2 saturated carbocycles. The van der Waals surface area contributed by atoms with E-state index in [9.17, 15) is 9.90 Å². The lowest BCUT2D eigenvalue weighted by Gasteiger charge is -2.57. The second kappa shape index (κ2) is 4.61. The third-order valence-electron chi connectivity index (χ3n) is 6.86. The molecule has 0 spiro atoms. The first-order chi connectivity index (χ1) is 9.38. The molecule has 2 fully saturated rings. The Morgan fingerprint density at radius 1 is 1.30 bits per heavy atom. The van der Waals surface area contributed by atoms with Crippen molar-refractivity contribution in [3.05, 3.63) is 11.6 Å². The highest BCUT2D eigenvalue weighted by Gasteiger charge is 2.57. The molecule has 0 aromatic carbocycles. The quantitative estimate of drug-likeness (QED) is 0.708. The van der Waals surface area contributed by atoms with E-state index in [2.05, 4.69) is 19.9 Å². The van der Waals surface area contributed by atoms with Gasteiger partial charge in [-0.05, 0) is 68.6 Å². The number of rotatable bonds is 1. The number of carboxylic acids is 1. The number of hydrogen-bond donors (Lipinski definition) is 1. The number of allylic oxidation sites excluding steroid dienone is 2. The molecular formula is C18H28O2. The van der Waals surface area contributed by atoms with Crippen molar-refractivity contribution in [2.75, 3.05) is 0 Å². The highest BCUT2D eigenvalue weighted by molar-refractivity contribution is 5.75. The van der Waals surface area contributed by atoms with Crippen molar-refractivity contribution in [3.63, 3.8) is 0 Å². The summed E-state index contributed by atoms with van der Waals surface area (Å²) in [6.07, 6.45) is 10.4. The first-order valence-corrected chi connectivity index (χ1v) is 8.30. The number of hydrogen-bond acceptors (Lipinski definition) is 1. The summed E-state index contributed by atoms with van der Waals surface area (Å²) in [7, 11) is 0. The Morgan fingerprint density at radius 3 is 2.75 bits per heavy atom. The van der Waals surface area contributed by atoms with Crippen molar-refractivity contribution in [1.82, 2.24) is 0 Å². The van der Waals surface area contributed by atoms with Crippen LogP contribution in [0.3, 0.4) is 0 Å². The maximum atomic E-state index is 11.9. The van der Waals surface area contributed by atoms with Gasteiger partial charge in [-0.2, -0.15) is 0 Å². The molecule has 3 unspecified atom stereocenters. The molecule has 0 heterocycles. The van der Waals surface area contributed by atoms with Crippen molar-refractivity contribution in [2.24, 2.45) is 28.6 Å². The van der Waals surface area contributed by atoms with Gasteiger partial charge in [0, 0.05) is 0 Å². The van der Waals surface area contributed by atoms with Gasteiger partial charge in [-0.25, -0.2) is 0 Å². The Kier molecular flexibility index (Phi) is 3.26. The van der Waals surface area contributed by atoms with Crippen molar-refractivity contribution in [2.45, 2.75) is 65.7 Å². The van der Waals surface area contributed by atoms with Crippen LogP contribution in [0.2, 0.25) is 0 Å². The summed E-state index contributed by atoms with van der Waals surface area (Å²) in [5, 5.41) is 9.77. The van der Waals surface area contributed by atoms with Gasteiger partial charge in [0.05, 0.1) is 5.41 Å². The minimum atomic E-state index is -0.575. The molecule has 20 heavy (non-hydrogen) atoms. The summed E-state index contributed by atoms with van der Waals surface area (Å²) in [5.74, 6) is 1.21. The fraction of sp³-hybridized carbons (Fsp3) is 0.833. The molecule has 0 amide bonds. The zero-order valence-corrected chi connectivity index (χ0v) is 13.1. The molecule has 2 nitrogen and oxygen atoms in total. The predicted molar refractivity (Wildman–Crippen MR) is 80.4 cm³/mol. The highest BCUT2D eigenvalue weighted by Crippen LogP contribution is 2.62. The first-order valence-electron chi connectivity index (χ1n) is 8.30. The monoisotopic (exact) mass is 276 g/mol. The van der Waals surface area contributed by atoms with Crippen LogP contribution < -0.4 is 0 Å². The molecule has 3 rings (SSSR count). The fourth-order valence-electron chi connectivity index (χ4n) is 5.65. The van der Waals surface area contributed by atoms with E-state index in [1.807, 2.05) is 6.92 Å². The van der Waals surface area contributed by atoms with Gasteiger partial charge < -0.3 is 5.11 Å². The summed E-state index contributed by atoms with van der Waals surface area (Å²) in [4.78, 5) is 11.9. The summed E-state index contributed by atoms with van der Waals surface area (Å²) in [5.41, 5.74) is 1.35. The van der Waals surface area contributed by atoms with E-state index in [0.717, 1.165) is 25.2 Å². The van der Waals surface area contributed by atoms with Crippen LogP contribution in [0, 0.1) is 28.6 Å². The van der Waals surface area contributed by atoms with E-state index in [4.69, 9.17) is 0 Å². The van der Waals surface area contributed by atoms with Crippen molar-refractivity contribution < 1.29 is 9.90 Å². The Labute approximate surface area is 122 Å². The van der Waals surface area contributed by atoms with Gasteiger partial charge in [0.2, 0.25) is 0 Å². The maximum absolute atomic E-state index is 11.9. The lowest BCUT2D eigenvalue weighted by atomic mass is 9.46. The van der Waals surface area contributed by atoms with Crippen LogP contribution in [0.1, 0.15) is 65.7 Å². The van der Waals surface area contributed by atoms with Crippen LogP contribution in [0.5, 0.6) is 0 Å². The first kappa shape index (κ1) is 14.2. The van der Waals surface area contributed by atoms with Gasteiger partial charge in [0.15, 0.2) is 0 Å². The van der Waals surface area contributed by atoms with Gasteiger partial charge in [-0.1, -0.05) is 31.9 Å². The van der Waals surface area contributed by atoms with E-state index >= 15 is 0 Å². The summed E-state index contributed by atoms with van der Waals surface area (Å²) < 4.78 is 0. The molecule has 2 heteroatoms. The van der Waals surface area contributed by atoms with Crippen LogP contribution in [0.25, 0.3) is 0 Å². The molecule has 3 aliphatic rings. The van der Waals surface area contributed by atoms with E-state index in [1.165, 1.54) is 25.7 Å². The molecule has 0 saturated heterocycles. The van der Waals surface area contributed by atoms with Crippen LogP contribution >= 0.6 is 0 Å². The zero-order valence-electron chi connectivity index (χ0n) is 13.1. The number of carbonyl (C=O) groups is 1. The summed E-state index contributed by atoms with van der Waals surface area (Å²) in [6.45, 7) is 6.75. The van der Waals surface area contributed by atoms with E-state index < -0.39 is 11.4 Å². The predicted octanol–water partition coefficient (Wildman–Crippen LogP) is 4.65. The lowest BCUT2D eigenvalue weighted by molar-refractivity contribution is -0.162. The smallest absolute Gasteiger partial charge is 0.309 e. The molecule has 0 aromatic rings. The average Bonchev–Trinajstić information content (AvgIpc) is 2.37. The number of fused-ring (bicyclic) bond motifs is 3. The van der Waals surface area contributed by atoms with Gasteiger partial charge in [-0.15, -0.1) is 0 Å². The van der Waals surface area contributed by atoms with Crippen LogP contribution in [0.4, 0.5) is 0 Å². The minimum absolute atomic E-state index is 0.218. The second-order valence-corrected chi connectivity index (χ2v) is 8.09. The Morgan fingerprint density at radius 2 is 2.05 bits per heavy atom. The van der Waals surface area contributed by atoms with Gasteiger partial charge in [0.25, 0.3) is 0 Å². The largest absolute Gasteiger partial charge is 0.481 e. The standard InChI is InChI=1S/C18H28O2/c1-12-5-7-14-13(11-12)6-8-15-17(14,2)9-4-10-18(15,3)16(19)20/h6,12,14-15H,4-5,7-11H2,1-3H3,(H,19,20)/t12?,14?,15?,17-,18-/m1/s1. The third-order valence-corrected chi connectivity index (χ3v) is 6.86. The molecule has 0 aromatic heterocycles. The summed E-state index contributed by atoms with van der Waals surface area (Å²) >= 11 is 0. The Balaban J connectivity index is 1.99. The summed E-state index contributed by atoms with van der Waals surface area (Å²) in [6, 6.07) is 0.